The van der Waals surface area contributed by atoms with E-state index >= 15 is 0 Å². The van der Waals surface area contributed by atoms with Crippen LogP contribution in [0.5, 0.6) is 0 Å². The maximum absolute atomic E-state index is 11.9. The number of methoxy groups -OCH3 is 1. The Bertz CT molecular complexity index is 207. The molecule has 4 nitrogen and oxygen atoms in total. The van der Waals surface area contributed by atoms with Gasteiger partial charge in [0.15, 0.2) is 0 Å². The second kappa shape index (κ2) is 7.63. The van der Waals surface area contributed by atoms with Crippen molar-refractivity contribution in [2.24, 2.45) is 5.92 Å². The summed E-state index contributed by atoms with van der Waals surface area (Å²) in [6.07, 6.45) is 2.92. The molecule has 1 fully saturated rings. The predicted octanol–water partition coefficient (Wildman–Crippen LogP) is 0.871. The van der Waals surface area contributed by atoms with E-state index in [0.29, 0.717) is 12.3 Å². The zero-order chi connectivity index (χ0) is 11.8. The lowest BCUT2D eigenvalue weighted by molar-refractivity contribution is -0.133. The summed E-state index contributed by atoms with van der Waals surface area (Å²) >= 11 is 0. The molecular weight excluding hydrogens is 204 g/mol. The summed E-state index contributed by atoms with van der Waals surface area (Å²) < 4.78 is 5.16. The molecule has 0 aliphatic carbocycles. The van der Waals surface area contributed by atoms with Gasteiger partial charge in [-0.2, -0.15) is 0 Å². The molecule has 0 saturated carbocycles. The molecule has 1 atom stereocenters. The fraction of sp³-hybridized carbons (Fsp3) is 0.917. The van der Waals surface area contributed by atoms with E-state index < -0.39 is 0 Å². The molecule has 0 radical (unpaired) electrons. The van der Waals surface area contributed by atoms with Crippen molar-refractivity contribution in [2.75, 3.05) is 39.9 Å². The summed E-state index contributed by atoms with van der Waals surface area (Å²) in [6.45, 7) is 6.35. The molecule has 1 amide bonds. The van der Waals surface area contributed by atoms with Crippen LogP contribution in [0, 0.1) is 5.92 Å². The van der Waals surface area contributed by atoms with E-state index in [2.05, 4.69) is 12.2 Å². The molecule has 1 N–H and O–H groups in total. The van der Waals surface area contributed by atoms with Crippen molar-refractivity contribution in [3.63, 3.8) is 0 Å². The number of likely N-dealkylation sites (tertiary alicyclic amines) is 1. The lowest BCUT2D eigenvalue weighted by Gasteiger charge is -2.32. The van der Waals surface area contributed by atoms with Crippen LogP contribution in [0.25, 0.3) is 0 Å². The molecule has 0 aromatic carbocycles. The quantitative estimate of drug-likeness (QED) is 0.686. The lowest BCUT2D eigenvalue weighted by Crippen LogP contribution is -2.42. The fourth-order valence-corrected chi connectivity index (χ4v) is 2.19. The second-order valence-electron chi connectivity index (χ2n) is 4.41. The molecule has 0 aromatic rings. The van der Waals surface area contributed by atoms with Crippen molar-refractivity contribution in [3.05, 3.63) is 0 Å². The van der Waals surface area contributed by atoms with Crippen molar-refractivity contribution < 1.29 is 9.53 Å². The minimum absolute atomic E-state index is 0.279. The van der Waals surface area contributed by atoms with Gasteiger partial charge in [-0.1, -0.05) is 6.92 Å². The third kappa shape index (κ3) is 4.49. The highest BCUT2D eigenvalue weighted by atomic mass is 16.5. The summed E-state index contributed by atoms with van der Waals surface area (Å²) in [5.41, 5.74) is 0. The Balaban J connectivity index is 2.26. The largest absolute Gasteiger partial charge is 0.384 e. The van der Waals surface area contributed by atoms with Gasteiger partial charge in [0.25, 0.3) is 0 Å². The van der Waals surface area contributed by atoms with Gasteiger partial charge in [-0.3, -0.25) is 4.79 Å². The molecule has 16 heavy (non-hydrogen) atoms. The van der Waals surface area contributed by atoms with Crippen LogP contribution >= 0.6 is 0 Å². The summed E-state index contributed by atoms with van der Waals surface area (Å²) in [5.74, 6) is 0.809. The molecule has 0 aromatic heterocycles. The van der Waals surface area contributed by atoms with E-state index in [1.54, 1.807) is 7.11 Å². The summed E-state index contributed by atoms with van der Waals surface area (Å²) in [6, 6.07) is 0. The Morgan fingerprint density at radius 1 is 1.56 bits per heavy atom. The van der Waals surface area contributed by atoms with Crippen LogP contribution in [-0.4, -0.2) is 50.7 Å². The number of piperidine rings is 1. The number of hydrogen-bond donors (Lipinski definition) is 1. The normalized spacial score (nSPS) is 21.1. The Morgan fingerprint density at radius 3 is 3.06 bits per heavy atom. The van der Waals surface area contributed by atoms with Crippen LogP contribution in [0.1, 0.15) is 26.2 Å². The zero-order valence-electron chi connectivity index (χ0n) is 10.5. The van der Waals surface area contributed by atoms with E-state index in [-0.39, 0.29) is 5.91 Å². The fourth-order valence-electron chi connectivity index (χ4n) is 2.19. The monoisotopic (exact) mass is 228 g/mol. The van der Waals surface area contributed by atoms with Crippen LogP contribution in [-0.2, 0) is 9.53 Å². The SMILES string of the molecule is CCNCCC(=O)N1CCCC(COC)C1. The number of nitrogens with one attached hydrogen (secondary N) is 1. The Kier molecular flexibility index (Phi) is 6.42. The van der Waals surface area contributed by atoms with Gasteiger partial charge < -0.3 is 15.0 Å². The predicted molar refractivity (Wildman–Crippen MR) is 64.3 cm³/mol. The Hall–Kier alpha value is -0.610. The van der Waals surface area contributed by atoms with Crippen LogP contribution in [0.3, 0.4) is 0 Å². The molecule has 0 spiro atoms. The number of hydrogen-bond acceptors (Lipinski definition) is 3. The van der Waals surface area contributed by atoms with Crippen LogP contribution in [0.4, 0.5) is 0 Å². The topological polar surface area (TPSA) is 41.6 Å². The third-order valence-electron chi connectivity index (χ3n) is 3.04. The van der Waals surface area contributed by atoms with Crippen molar-refractivity contribution in [1.82, 2.24) is 10.2 Å². The van der Waals surface area contributed by atoms with Crippen molar-refractivity contribution in [1.29, 1.82) is 0 Å². The van der Waals surface area contributed by atoms with Gasteiger partial charge in [-0.15, -0.1) is 0 Å². The molecule has 0 bridgehead atoms. The molecule has 1 rings (SSSR count). The number of amides is 1. The third-order valence-corrected chi connectivity index (χ3v) is 3.04. The van der Waals surface area contributed by atoms with Crippen LogP contribution in [0.15, 0.2) is 0 Å². The highest BCUT2D eigenvalue weighted by Crippen LogP contribution is 2.17. The Morgan fingerprint density at radius 2 is 2.38 bits per heavy atom. The van der Waals surface area contributed by atoms with Gasteiger partial charge in [0.1, 0.15) is 0 Å². The van der Waals surface area contributed by atoms with E-state index in [1.807, 2.05) is 4.90 Å². The molecule has 1 unspecified atom stereocenters. The smallest absolute Gasteiger partial charge is 0.223 e. The van der Waals surface area contributed by atoms with E-state index in [1.165, 1.54) is 6.42 Å². The van der Waals surface area contributed by atoms with Crippen LogP contribution < -0.4 is 5.32 Å². The van der Waals surface area contributed by atoms with E-state index in [0.717, 1.165) is 39.2 Å². The average molecular weight is 228 g/mol. The van der Waals surface area contributed by atoms with Gasteiger partial charge in [0, 0.05) is 33.2 Å². The minimum atomic E-state index is 0.279. The standard InChI is InChI=1S/C12H24N2O2/c1-3-13-7-6-12(15)14-8-4-5-11(9-14)10-16-2/h11,13H,3-10H2,1-2H3. The van der Waals surface area contributed by atoms with E-state index in [4.69, 9.17) is 4.74 Å². The number of ether oxygens (including phenoxy) is 1. The van der Waals surface area contributed by atoms with Crippen molar-refractivity contribution in [3.8, 4) is 0 Å². The first kappa shape index (κ1) is 13.5. The average Bonchev–Trinajstić information content (AvgIpc) is 2.30. The van der Waals surface area contributed by atoms with Crippen molar-refractivity contribution >= 4 is 5.91 Å². The lowest BCUT2D eigenvalue weighted by atomic mass is 9.99. The maximum Gasteiger partial charge on any atom is 0.223 e. The van der Waals surface area contributed by atoms with Crippen LogP contribution in [0.2, 0.25) is 0 Å². The summed E-state index contributed by atoms with van der Waals surface area (Å²) in [7, 11) is 1.73. The Labute approximate surface area is 98.3 Å². The van der Waals surface area contributed by atoms with Gasteiger partial charge in [-0.05, 0) is 25.3 Å². The number of carbonyl (C=O) groups excluding carboxylic acids is 1. The number of rotatable bonds is 6. The molecular formula is C12H24N2O2. The molecule has 1 heterocycles. The minimum Gasteiger partial charge on any atom is -0.384 e. The first-order chi connectivity index (χ1) is 7.77. The highest BCUT2D eigenvalue weighted by molar-refractivity contribution is 5.76. The van der Waals surface area contributed by atoms with Gasteiger partial charge >= 0.3 is 0 Å². The molecule has 1 aliphatic rings. The molecule has 4 heteroatoms. The number of carbonyl (C=O) groups is 1. The molecule has 1 aliphatic heterocycles. The summed E-state index contributed by atoms with van der Waals surface area (Å²) in [4.78, 5) is 13.9. The van der Waals surface area contributed by atoms with Gasteiger partial charge in [0.2, 0.25) is 5.91 Å². The maximum atomic E-state index is 11.9. The zero-order valence-corrected chi connectivity index (χ0v) is 10.5. The highest BCUT2D eigenvalue weighted by Gasteiger charge is 2.22. The molecule has 94 valence electrons. The first-order valence-electron chi connectivity index (χ1n) is 6.25. The van der Waals surface area contributed by atoms with Gasteiger partial charge in [0.05, 0.1) is 6.61 Å². The number of nitrogens with zero attached hydrogens (tertiary/aromatic N) is 1. The molecule has 1 saturated heterocycles. The van der Waals surface area contributed by atoms with E-state index in [9.17, 15) is 4.79 Å². The van der Waals surface area contributed by atoms with Crippen molar-refractivity contribution in [2.45, 2.75) is 26.2 Å². The second-order valence-corrected chi connectivity index (χ2v) is 4.41. The summed E-state index contributed by atoms with van der Waals surface area (Å²) in [5, 5.41) is 3.18. The van der Waals surface area contributed by atoms with Gasteiger partial charge in [-0.25, -0.2) is 0 Å². The first-order valence-corrected chi connectivity index (χ1v) is 6.25.